The molecule has 0 saturated heterocycles. The third kappa shape index (κ3) is 5.40. The molecule has 0 amide bonds. The van der Waals surface area contributed by atoms with Gasteiger partial charge in [0.15, 0.2) is 0 Å². The molecule has 0 spiro atoms. The number of rotatable bonds is 7. The highest BCUT2D eigenvalue weighted by Crippen LogP contribution is 2.40. The predicted octanol–water partition coefficient (Wildman–Crippen LogP) is 11.3. The third-order valence-electron chi connectivity index (χ3n) is 9.21. The molecule has 3 aromatic heterocycles. The van der Waals surface area contributed by atoms with Crippen LogP contribution >= 0.6 is 0 Å². The predicted molar refractivity (Wildman–Crippen MR) is 195 cm³/mol. The maximum absolute atomic E-state index is 6.74. The van der Waals surface area contributed by atoms with E-state index in [9.17, 15) is 0 Å². The van der Waals surface area contributed by atoms with Gasteiger partial charge in [-0.3, -0.25) is 4.57 Å². The number of aryl methyl sites for hydroxylation is 4. The molecule has 0 bridgehead atoms. The van der Waals surface area contributed by atoms with Crippen LogP contribution in [0.3, 0.4) is 0 Å². The van der Waals surface area contributed by atoms with Crippen molar-refractivity contribution in [1.29, 1.82) is 0 Å². The first-order valence-electron chi connectivity index (χ1n) is 16.6. The maximum atomic E-state index is 6.74. The van der Waals surface area contributed by atoms with Crippen molar-refractivity contribution in [3.05, 3.63) is 131 Å². The maximum Gasteiger partial charge on any atom is 0.137 e. The van der Waals surface area contributed by atoms with Crippen LogP contribution in [0.4, 0.5) is 0 Å². The van der Waals surface area contributed by atoms with Crippen LogP contribution in [0, 0.1) is 27.7 Å². The Morgan fingerprint density at radius 3 is 2.11 bits per heavy atom. The highest BCUT2D eigenvalue weighted by Gasteiger charge is 2.24. The Labute approximate surface area is 277 Å². The van der Waals surface area contributed by atoms with Crippen LogP contribution in [0.15, 0.2) is 97.2 Å². The molecule has 7 aromatic rings. The number of fused-ring (bicyclic) bond motifs is 3. The summed E-state index contributed by atoms with van der Waals surface area (Å²) in [6, 6.07) is 32.1. The molecule has 4 aromatic carbocycles. The van der Waals surface area contributed by atoms with Gasteiger partial charge in [0.25, 0.3) is 0 Å². The van der Waals surface area contributed by atoms with Crippen molar-refractivity contribution in [2.24, 2.45) is 0 Å². The molecular weight excluding hydrogens is 576 g/mol. The first kappa shape index (κ1) is 30.5. The molecule has 0 aliphatic carbocycles. The minimum absolute atomic E-state index is 0.261. The molecule has 0 unspecified atom stereocenters. The van der Waals surface area contributed by atoms with Crippen molar-refractivity contribution >= 4 is 21.8 Å². The summed E-state index contributed by atoms with van der Waals surface area (Å²) in [5.41, 5.74) is 12.9. The Hall–Kier alpha value is -5.16. The molecule has 7 rings (SSSR count). The van der Waals surface area contributed by atoms with E-state index >= 15 is 0 Å². The van der Waals surface area contributed by atoms with Crippen LogP contribution in [-0.2, 0) is 0 Å². The number of aromatic nitrogens is 4. The van der Waals surface area contributed by atoms with Gasteiger partial charge in [-0.05, 0) is 110 Å². The summed E-state index contributed by atoms with van der Waals surface area (Å²) in [5.74, 6) is 3.03. The Bertz CT molecular complexity index is 2260. The van der Waals surface area contributed by atoms with E-state index in [2.05, 4.69) is 150 Å². The fraction of sp³-hybridized carbons (Fsp3) is 0.238. The van der Waals surface area contributed by atoms with Gasteiger partial charge in [0.2, 0.25) is 0 Å². The summed E-state index contributed by atoms with van der Waals surface area (Å²) in [4.78, 5) is 4.75. The molecule has 0 fully saturated rings. The van der Waals surface area contributed by atoms with Gasteiger partial charge >= 0.3 is 0 Å². The van der Waals surface area contributed by atoms with E-state index in [1.165, 1.54) is 49.8 Å². The number of pyridine rings is 1. The molecule has 5 nitrogen and oxygen atoms in total. The summed E-state index contributed by atoms with van der Waals surface area (Å²) in [5, 5.41) is 7.54. The third-order valence-corrected chi connectivity index (χ3v) is 9.21. The first-order valence-corrected chi connectivity index (χ1v) is 16.6. The number of hydrogen-bond acceptors (Lipinski definition) is 3. The van der Waals surface area contributed by atoms with Gasteiger partial charge in [-0.25, -0.2) is 9.67 Å². The van der Waals surface area contributed by atoms with Crippen molar-refractivity contribution < 1.29 is 4.74 Å². The summed E-state index contributed by atoms with van der Waals surface area (Å²) >= 11 is 0. The molecule has 0 radical (unpaired) electrons. The molecule has 236 valence electrons. The van der Waals surface area contributed by atoms with Crippen molar-refractivity contribution in [1.82, 2.24) is 19.3 Å². The van der Waals surface area contributed by atoms with E-state index in [1.54, 1.807) is 0 Å². The van der Waals surface area contributed by atoms with E-state index in [-0.39, 0.29) is 5.92 Å². The van der Waals surface area contributed by atoms with E-state index in [1.807, 2.05) is 12.3 Å². The van der Waals surface area contributed by atoms with E-state index in [0.717, 1.165) is 39.7 Å². The zero-order valence-corrected chi connectivity index (χ0v) is 28.6. The van der Waals surface area contributed by atoms with Crippen molar-refractivity contribution in [3.8, 4) is 34.1 Å². The SMILES string of the molecule is Cc1ccnc(-n2c3ccccc3c3ccc(Oc4cc(C(C)C)cc(-n5nc(C)c(-c6c(C)cccc6C)c5C(C)C)c4)cc32)c1. The number of nitrogens with zero attached hydrogens (tertiary/aromatic N) is 4. The molecule has 0 atom stereocenters. The highest BCUT2D eigenvalue weighted by atomic mass is 16.5. The molecule has 5 heteroatoms. The molecular formula is C42H42N4O. The topological polar surface area (TPSA) is 44.9 Å². The normalized spacial score (nSPS) is 11.8. The Kier molecular flexibility index (Phi) is 7.71. The average molecular weight is 619 g/mol. The number of para-hydroxylation sites is 1. The Morgan fingerprint density at radius 1 is 0.638 bits per heavy atom. The molecule has 3 heterocycles. The fourth-order valence-electron chi connectivity index (χ4n) is 6.95. The Balaban J connectivity index is 1.37. The lowest BCUT2D eigenvalue weighted by molar-refractivity contribution is 0.481. The highest BCUT2D eigenvalue weighted by molar-refractivity contribution is 6.09. The second-order valence-electron chi connectivity index (χ2n) is 13.4. The lowest BCUT2D eigenvalue weighted by Crippen LogP contribution is -2.06. The van der Waals surface area contributed by atoms with Gasteiger partial charge in [0.1, 0.15) is 17.3 Å². The number of ether oxygens (including phenoxy) is 1. The van der Waals surface area contributed by atoms with Crippen molar-refractivity contribution in [3.63, 3.8) is 0 Å². The average Bonchev–Trinajstić information content (AvgIpc) is 3.55. The van der Waals surface area contributed by atoms with Crippen LogP contribution in [0.5, 0.6) is 11.5 Å². The van der Waals surface area contributed by atoms with Crippen LogP contribution in [-0.4, -0.2) is 19.3 Å². The minimum atomic E-state index is 0.261. The second-order valence-corrected chi connectivity index (χ2v) is 13.4. The summed E-state index contributed by atoms with van der Waals surface area (Å²) in [6.07, 6.45) is 1.87. The van der Waals surface area contributed by atoms with Gasteiger partial charge in [-0.15, -0.1) is 0 Å². The Morgan fingerprint density at radius 2 is 1.38 bits per heavy atom. The van der Waals surface area contributed by atoms with Gasteiger partial charge in [-0.2, -0.15) is 5.10 Å². The van der Waals surface area contributed by atoms with Gasteiger partial charge in [0.05, 0.1) is 28.1 Å². The van der Waals surface area contributed by atoms with Crippen LogP contribution in [0.25, 0.3) is 44.4 Å². The number of benzene rings is 4. The van der Waals surface area contributed by atoms with Crippen LogP contribution in [0.1, 0.15) is 73.2 Å². The standard InChI is InChI=1S/C42H42N4O/c1-25(2)31-21-32(46-42(26(3)4)41(30(8)44-46)40-28(6)12-11-13-29(40)7)23-34(22-31)47-33-16-17-36-35-14-9-10-15-37(35)45(38(36)24-33)39-20-27(5)18-19-43-39/h9-26H,1-8H3. The lowest BCUT2D eigenvalue weighted by atomic mass is 9.91. The molecule has 0 N–H and O–H groups in total. The minimum Gasteiger partial charge on any atom is -0.457 e. The van der Waals surface area contributed by atoms with Gasteiger partial charge in [0, 0.05) is 34.7 Å². The first-order chi connectivity index (χ1) is 22.6. The van der Waals surface area contributed by atoms with E-state index < -0.39 is 0 Å². The van der Waals surface area contributed by atoms with Gasteiger partial charge < -0.3 is 4.74 Å². The monoisotopic (exact) mass is 618 g/mol. The lowest BCUT2D eigenvalue weighted by Gasteiger charge is -2.18. The van der Waals surface area contributed by atoms with Gasteiger partial charge in [-0.1, -0.05) is 64.1 Å². The fourth-order valence-corrected chi connectivity index (χ4v) is 6.95. The second kappa shape index (κ2) is 11.9. The van der Waals surface area contributed by atoms with E-state index in [4.69, 9.17) is 14.8 Å². The smallest absolute Gasteiger partial charge is 0.137 e. The molecule has 47 heavy (non-hydrogen) atoms. The molecule has 0 saturated carbocycles. The van der Waals surface area contributed by atoms with E-state index in [0.29, 0.717) is 5.92 Å². The quantitative estimate of drug-likeness (QED) is 0.178. The zero-order chi connectivity index (χ0) is 33.0. The largest absolute Gasteiger partial charge is 0.457 e. The summed E-state index contributed by atoms with van der Waals surface area (Å²) in [7, 11) is 0. The van der Waals surface area contributed by atoms with Crippen LogP contribution < -0.4 is 4.74 Å². The van der Waals surface area contributed by atoms with Crippen LogP contribution in [0.2, 0.25) is 0 Å². The summed E-state index contributed by atoms with van der Waals surface area (Å²) < 4.78 is 11.1. The number of hydrogen-bond donors (Lipinski definition) is 0. The molecule has 0 aliphatic heterocycles. The zero-order valence-electron chi connectivity index (χ0n) is 28.6. The molecule has 0 aliphatic rings. The summed E-state index contributed by atoms with van der Waals surface area (Å²) in [6.45, 7) is 17.6. The van der Waals surface area contributed by atoms with Crippen molar-refractivity contribution in [2.75, 3.05) is 0 Å². The van der Waals surface area contributed by atoms with Crippen molar-refractivity contribution in [2.45, 2.75) is 67.2 Å².